The van der Waals surface area contributed by atoms with E-state index in [-0.39, 0.29) is 18.9 Å². The second kappa shape index (κ2) is 6.16. The molecule has 0 fully saturated rings. The van der Waals surface area contributed by atoms with Gasteiger partial charge in [0.05, 0.1) is 17.8 Å². The number of fused-ring (bicyclic) bond motifs is 1. The fraction of sp³-hybridized carbons (Fsp3) is 0.231. The molecule has 1 heterocycles. The molecule has 106 valence electrons. The van der Waals surface area contributed by atoms with E-state index in [1.165, 1.54) is 6.07 Å². The Bertz CT molecular complexity index is 633. The number of halogens is 1. The average molecular weight is 278 g/mol. The molecular formula is C13H15FN4O2. The zero-order valence-electron chi connectivity index (χ0n) is 10.7. The third-order valence-corrected chi connectivity index (χ3v) is 2.67. The monoisotopic (exact) mass is 278 g/mol. The number of hydrogen-bond donors (Lipinski definition) is 3. The van der Waals surface area contributed by atoms with Gasteiger partial charge in [0, 0.05) is 23.8 Å². The Morgan fingerprint density at radius 2 is 2.30 bits per heavy atom. The first-order valence-electron chi connectivity index (χ1n) is 6.02. The van der Waals surface area contributed by atoms with Crippen molar-refractivity contribution in [3.05, 3.63) is 30.2 Å². The van der Waals surface area contributed by atoms with Gasteiger partial charge in [-0.25, -0.2) is 4.39 Å². The number of nitrogens with two attached hydrogens (primary N) is 2. The number of ether oxygens (including phenoxy) is 1. The number of nitrogen functional groups attached to an aromatic ring is 1. The zero-order chi connectivity index (χ0) is 14.5. The topological polar surface area (TPSA) is 103 Å². The van der Waals surface area contributed by atoms with E-state index in [0.29, 0.717) is 23.1 Å². The van der Waals surface area contributed by atoms with Crippen LogP contribution in [0.2, 0.25) is 0 Å². The molecule has 7 heteroatoms. The van der Waals surface area contributed by atoms with Crippen molar-refractivity contribution in [3.8, 4) is 0 Å². The first kappa shape index (κ1) is 14.0. The summed E-state index contributed by atoms with van der Waals surface area (Å²) in [5.74, 6) is -1.03. The molecular weight excluding hydrogens is 263 g/mol. The minimum atomic E-state index is -0.546. The number of carbonyl (C=O) groups excluding carboxylic acids is 1. The molecule has 0 saturated heterocycles. The van der Waals surface area contributed by atoms with Gasteiger partial charge in [0.1, 0.15) is 6.61 Å². The van der Waals surface area contributed by atoms with Crippen LogP contribution in [0.1, 0.15) is 0 Å². The van der Waals surface area contributed by atoms with E-state index in [2.05, 4.69) is 10.3 Å². The first-order chi connectivity index (χ1) is 9.59. The largest absolute Gasteiger partial charge is 0.398 e. The Morgan fingerprint density at radius 1 is 1.50 bits per heavy atom. The molecule has 6 nitrogen and oxygen atoms in total. The van der Waals surface area contributed by atoms with Crippen molar-refractivity contribution in [3.63, 3.8) is 0 Å². The Kier molecular flexibility index (Phi) is 4.31. The number of hydrogen-bond acceptors (Lipinski definition) is 5. The highest BCUT2D eigenvalue weighted by Gasteiger charge is 2.11. The first-order valence-corrected chi connectivity index (χ1v) is 6.02. The van der Waals surface area contributed by atoms with E-state index in [4.69, 9.17) is 16.2 Å². The van der Waals surface area contributed by atoms with Gasteiger partial charge in [0.15, 0.2) is 5.82 Å². The molecule has 0 unspecified atom stereocenters. The molecule has 20 heavy (non-hydrogen) atoms. The number of amides is 1. The second-order valence-corrected chi connectivity index (χ2v) is 4.17. The molecule has 0 radical (unpaired) electrons. The van der Waals surface area contributed by atoms with Crippen molar-refractivity contribution in [2.75, 3.05) is 30.8 Å². The molecule has 0 bridgehead atoms. The molecule has 1 aromatic carbocycles. The summed E-state index contributed by atoms with van der Waals surface area (Å²) in [4.78, 5) is 14.6. The summed E-state index contributed by atoms with van der Waals surface area (Å²) in [5, 5.41) is 3.56. The van der Waals surface area contributed by atoms with Gasteiger partial charge >= 0.3 is 0 Å². The molecule has 2 aromatic rings. The minimum Gasteiger partial charge on any atom is -0.398 e. The number of aromatic nitrogens is 1. The number of nitrogens with one attached hydrogen (secondary N) is 1. The van der Waals surface area contributed by atoms with Crippen LogP contribution >= 0.6 is 0 Å². The molecule has 5 N–H and O–H groups in total. The van der Waals surface area contributed by atoms with Crippen LogP contribution in [0.5, 0.6) is 0 Å². The predicted octanol–water partition coefficient (Wildman–Crippen LogP) is 0.870. The van der Waals surface area contributed by atoms with Gasteiger partial charge in [-0.15, -0.1) is 0 Å². The smallest absolute Gasteiger partial charge is 0.243 e. The maximum atomic E-state index is 13.9. The van der Waals surface area contributed by atoms with Crippen molar-refractivity contribution in [2.45, 2.75) is 0 Å². The van der Waals surface area contributed by atoms with Crippen LogP contribution in [-0.4, -0.2) is 30.6 Å². The van der Waals surface area contributed by atoms with Gasteiger partial charge in [-0.05, 0) is 18.2 Å². The number of primary amides is 1. The molecule has 0 saturated carbocycles. The van der Waals surface area contributed by atoms with E-state index in [9.17, 15) is 9.18 Å². The van der Waals surface area contributed by atoms with Crippen LogP contribution in [-0.2, 0) is 9.53 Å². The van der Waals surface area contributed by atoms with E-state index >= 15 is 0 Å². The van der Waals surface area contributed by atoms with Crippen LogP contribution in [0.3, 0.4) is 0 Å². The van der Waals surface area contributed by atoms with Crippen LogP contribution in [0.15, 0.2) is 24.4 Å². The van der Waals surface area contributed by atoms with Gasteiger partial charge in [-0.3, -0.25) is 9.78 Å². The van der Waals surface area contributed by atoms with Gasteiger partial charge < -0.3 is 21.5 Å². The van der Waals surface area contributed by atoms with Crippen molar-refractivity contribution in [1.82, 2.24) is 4.98 Å². The molecule has 0 aliphatic carbocycles. The summed E-state index contributed by atoms with van der Waals surface area (Å²) < 4.78 is 18.9. The second-order valence-electron chi connectivity index (χ2n) is 4.17. The quantitative estimate of drug-likeness (QED) is 0.537. The van der Waals surface area contributed by atoms with Crippen LogP contribution in [0, 0.1) is 5.82 Å². The standard InChI is InChI=1S/C13H15FN4O2/c14-9-6-10(15)8-2-1-3-17-12(8)13(9)18-4-5-20-7-11(16)19/h1-3,6,18H,4-5,7,15H2,(H2,16,19). The van der Waals surface area contributed by atoms with E-state index in [0.717, 1.165) is 0 Å². The maximum absolute atomic E-state index is 13.9. The van der Waals surface area contributed by atoms with Crippen LogP contribution in [0.25, 0.3) is 10.9 Å². The highest BCUT2D eigenvalue weighted by atomic mass is 19.1. The summed E-state index contributed by atoms with van der Waals surface area (Å²) in [6.45, 7) is 0.381. The summed E-state index contributed by atoms with van der Waals surface area (Å²) >= 11 is 0. The van der Waals surface area contributed by atoms with Crippen LogP contribution < -0.4 is 16.8 Å². The zero-order valence-corrected chi connectivity index (χ0v) is 10.7. The molecule has 2 rings (SSSR count). The summed E-state index contributed by atoms with van der Waals surface area (Å²) in [6.07, 6.45) is 1.57. The molecule has 0 spiro atoms. The van der Waals surface area contributed by atoms with Gasteiger partial charge in [-0.1, -0.05) is 0 Å². The number of anilines is 2. The SMILES string of the molecule is NC(=O)COCCNc1c(F)cc(N)c2cccnc12. The number of nitrogens with zero attached hydrogens (tertiary/aromatic N) is 1. The van der Waals surface area contributed by atoms with Gasteiger partial charge in [-0.2, -0.15) is 0 Å². The third-order valence-electron chi connectivity index (χ3n) is 2.67. The lowest BCUT2D eigenvalue weighted by Crippen LogP contribution is -2.20. The van der Waals surface area contributed by atoms with Crippen LogP contribution in [0.4, 0.5) is 15.8 Å². The molecule has 1 amide bonds. The van der Waals surface area contributed by atoms with E-state index in [1.54, 1.807) is 18.3 Å². The van der Waals surface area contributed by atoms with Crippen molar-refractivity contribution in [1.29, 1.82) is 0 Å². The third kappa shape index (κ3) is 3.12. The molecule has 1 aromatic heterocycles. The molecule has 0 aliphatic heterocycles. The maximum Gasteiger partial charge on any atom is 0.243 e. The predicted molar refractivity (Wildman–Crippen MR) is 74.6 cm³/mol. The lowest BCUT2D eigenvalue weighted by atomic mass is 10.1. The molecule has 0 aliphatic rings. The number of carbonyl (C=O) groups is 1. The summed E-state index contributed by atoms with van der Waals surface area (Å²) in [5.41, 5.74) is 11.7. The Hall–Kier alpha value is -2.41. The normalized spacial score (nSPS) is 10.7. The van der Waals surface area contributed by atoms with Gasteiger partial charge in [0.25, 0.3) is 0 Å². The Balaban J connectivity index is 2.11. The number of rotatable bonds is 6. The van der Waals surface area contributed by atoms with Gasteiger partial charge in [0.2, 0.25) is 5.91 Å². The fourth-order valence-electron chi connectivity index (χ4n) is 1.83. The van der Waals surface area contributed by atoms with E-state index < -0.39 is 11.7 Å². The highest BCUT2D eigenvalue weighted by molar-refractivity contribution is 5.98. The van der Waals surface area contributed by atoms with E-state index in [1.807, 2.05) is 0 Å². The average Bonchev–Trinajstić information content (AvgIpc) is 2.41. The Labute approximate surface area is 114 Å². The van der Waals surface area contributed by atoms with Crippen molar-refractivity contribution in [2.24, 2.45) is 5.73 Å². The highest BCUT2D eigenvalue weighted by Crippen LogP contribution is 2.29. The minimum absolute atomic E-state index is 0.162. The van der Waals surface area contributed by atoms with Crippen molar-refractivity contribution < 1.29 is 13.9 Å². The number of pyridine rings is 1. The molecule has 0 atom stereocenters. The summed E-state index contributed by atoms with van der Waals surface area (Å²) in [7, 11) is 0. The number of benzene rings is 1. The lowest BCUT2D eigenvalue weighted by Gasteiger charge is -2.11. The lowest BCUT2D eigenvalue weighted by molar-refractivity contribution is -0.122. The summed E-state index contributed by atoms with van der Waals surface area (Å²) in [6, 6.07) is 4.75. The Morgan fingerprint density at radius 3 is 3.05 bits per heavy atom. The fourth-order valence-corrected chi connectivity index (χ4v) is 1.83. The van der Waals surface area contributed by atoms with Crippen molar-refractivity contribution >= 4 is 28.2 Å².